The number of rotatable bonds is 6. The van der Waals surface area contributed by atoms with Gasteiger partial charge in [-0.2, -0.15) is 5.10 Å². The van der Waals surface area contributed by atoms with Crippen LogP contribution in [0.3, 0.4) is 0 Å². The average Bonchev–Trinajstić information content (AvgIpc) is 3.13. The summed E-state index contributed by atoms with van der Waals surface area (Å²) in [6.07, 6.45) is -1.02. The highest BCUT2D eigenvalue weighted by Gasteiger charge is 2.18. The molecule has 3 heterocycles. The number of hydrogen-bond donors (Lipinski definition) is 1. The van der Waals surface area contributed by atoms with Crippen LogP contribution in [-0.4, -0.2) is 25.2 Å². The summed E-state index contributed by atoms with van der Waals surface area (Å²) in [5.74, 6) is 0.188. The van der Waals surface area contributed by atoms with Gasteiger partial charge in [-0.1, -0.05) is 0 Å². The Kier molecular flexibility index (Phi) is 4.78. The van der Waals surface area contributed by atoms with Gasteiger partial charge in [0.05, 0.1) is 5.69 Å². The Morgan fingerprint density at radius 3 is 2.84 bits per heavy atom. The minimum absolute atomic E-state index is 0.0537. The molecular formula is C17H19F2N5O. The minimum Gasteiger partial charge on any atom is -0.324 e. The number of amides is 1. The first-order chi connectivity index (χ1) is 12.0. The number of anilines is 1. The topological polar surface area (TPSA) is 64.7 Å². The Morgan fingerprint density at radius 2 is 2.16 bits per heavy atom. The van der Waals surface area contributed by atoms with Crippen LogP contribution >= 0.6 is 0 Å². The number of nitrogens with zero attached hydrogens (tertiary/aromatic N) is 4. The second-order valence-electron chi connectivity index (χ2n) is 5.72. The summed E-state index contributed by atoms with van der Waals surface area (Å²) in [6.45, 7) is 4.69. The van der Waals surface area contributed by atoms with Crippen molar-refractivity contribution in [3.63, 3.8) is 0 Å². The summed E-state index contributed by atoms with van der Waals surface area (Å²) in [5, 5.41) is 7.59. The van der Waals surface area contributed by atoms with E-state index in [2.05, 4.69) is 15.4 Å². The molecule has 1 amide bonds. The first kappa shape index (κ1) is 17.1. The number of aromatic nitrogens is 4. The molecule has 0 unspecified atom stereocenters. The molecule has 132 valence electrons. The first-order valence-electron chi connectivity index (χ1n) is 8.06. The average molecular weight is 347 g/mol. The van der Waals surface area contributed by atoms with Crippen molar-refractivity contribution >= 4 is 22.8 Å². The second-order valence-corrected chi connectivity index (χ2v) is 5.72. The highest BCUT2D eigenvalue weighted by atomic mass is 19.3. The molecule has 0 saturated heterocycles. The van der Waals surface area contributed by atoms with Crippen molar-refractivity contribution in [1.82, 2.24) is 19.3 Å². The van der Waals surface area contributed by atoms with Crippen LogP contribution in [0.1, 0.15) is 31.2 Å². The largest absolute Gasteiger partial charge is 0.324 e. The first-order valence-corrected chi connectivity index (χ1v) is 8.06. The van der Waals surface area contributed by atoms with Gasteiger partial charge in [-0.15, -0.1) is 0 Å². The molecule has 0 aliphatic carbocycles. The summed E-state index contributed by atoms with van der Waals surface area (Å²) >= 11 is 0. The van der Waals surface area contributed by atoms with E-state index >= 15 is 0 Å². The molecule has 0 aliphatic rings. The van der Waals surface area contributed by atoms with Crippen LogP contribution in [0, 0.1) is 6.92 Å². The third-order valence-corrected chi connectivity index (χ3v) is 4.02. The van der Waals surface area contributed by atoms with E-state index in [4.69, 9.17) is 0 Å². The quantitative estimate of drug-likeness (QED) is 0.742. The lowest BCUT2D eigenvalue weighted by Crippen LogP contribution is -2.16. The molecular weight excluding hydrogens is 328 g/mol. The third kappa shape index (κ3) is 3.52. The van der Waals surface area contributed by atoms with Crippen LogP contribution in [0.15, 0.2) is 30.5 Å². The molecule has 0 atom stereocenters. The summed E-state index contributed by atoms with van der Waals surface area (Å²) < 4.78 is 29.7. The standard InChI is InChI=1S/C17H19F2N5O/c1-3-24-11(2)9-14(22-24)21-15(25)6-8-23-13(16(18)19)10-12-5-4-7-20-17(12)23/h4-5,7,9-10,16H,3,6,8H2,1-2H3,(H,21,22,25). The van der Waals surface area contributed by atoms with E-state index in [9.17, 15) is 13.6 Å². The molecule has 1 N–H and O–H groups in total. The second kappa shape index (κ2) is 7.00. The van der Waals surface area contributed by atoms with Gasteiger partial charge >= 0.3 is 0 Å². The number of pyridine rings is 1. The summed E-state index contributed by atoms with van der Waals surface area (Å²) in [5.41, 5.74) is 1.27. The number of fused-ring (bicyclic) bond motifs is 1. The van der Waals surface area contributed by atoms with Crippen LogP contribution < -0.4 is 5.32 Å². The van der Waals surface area contributed by atoms with Crippen molar-refractivity contribution in [3.05, 3.63) is 41.9 Å². The van der Waals surface area contributed by atoms with Gasteiger partial charge in [0.25, 0.3) is 6.43 Å². The summed E-state index contributed by atoms with van der Waals surface area (Å²) in [4.78, 5) is 16.3. The van der Waals surface area contributed by atoms with Crippen molar-refractivity contribution in [2.24, 2.45) is 0 Å². The minimum atomic E-state index is -2.62. The molecule has 25 heavy (non-hydrogen) atoms. The molecule has 0 aromatic carbocycles. The van der Waals surface area contributed by atoms with Gasteiger partial charge in [0.15, 0.2) is 5.82 Å². The SMILES string of the molecule is CCn1nc(NC(=O)CCn2c(C(F)F)cc3cccnc32)cc1C. The zero-order valence-corrected chi connectivity index (χ0v) is 14.0. The predicted molar refractivity (Wildman–Crippen MR) is 90.6 cm³/mol. The zero-order valence-electron chi connectivity index (χ0n) is 14.0. The van der Waals surface area contributed by atoms with Crippen LogP contribution in [0.25, 0.3) is 11.0 Å². The number of alkyl halides is 2. The van der Waals surface area contributed by atoms with E-state index in [-0.39, 0.29) is 24.6 Å². The summed E-state index contributed by atoms with van der Waals surface area (Å²) in [7, 11) is 0. The van der Waals surface area contributed by atoms with E-state index < -0.39 is 6.43 Å². The fourth-order valence-corrected chi connectivity index (χ4v) is 2.83. The number of hydrogen-bond acceptors (Lipinski definition) is 3. The number of halogens is 2. The zero-order chi connectivity index (χ0) is 18.0. The molecule has 0 bridgehead atoms. The molecule has 3 rings (SSSR count). The smallest absolute Gasteiger partial charge is 0.278 e. The monoisotopic (exact) mass is 347 g/mol. The Bertz CT molecular complexity index is 900. The van der Waals surface area contributed by atoms with E-state index in [1.165, 1.54) is 10.6 Å². The molecule has 6 nitrogen and oxygen atoms in total. The van der Waals surface area contributed by atoms with Crippen molar-refractivity contribution in [2.75, 3.05) is 5.32 Å². The number of carbonyl (C=O) groups is 1. The van der Waals surface area contributed by atoms with Gasteiger partial charge in [0, 0.05) is 42.9 Å². The van der Waals surface area contributed by atoms with Crippen LogP contribution in [0.4, 0.5) is 14.6 Å². The van der Waals surface area contributed by atoms with Gasteiger partial charge in [-0.25, -0.2) is 13.8 Å². The maximum Gasteiger partial charge on any atom is 0.278 e. The van der Waals surface area contributed by atoms with E-state index in [1.54, 1.807) is 29.1 Å². The molecule has 0 fully saturated rings. The van der Waals surface area contributed by atoms with Crippen LogP contribution in [0.2, 0.25) is 0 Å². The Morgan fingerprint density at radius 1 is 1.36 bits per heavy atom. The van der Waals surface area contributed by atoms with E-state index in [1.807, 2.05) is 13.8 Å². The fraction of sp³-hybridized carbons (Fsp3) is 0.353. The lowest BCUT2D eigenvalue weighted by molar-refractivity contribution is -0.116. The summed E-state index contributed by atoms with van der Waals surface area (Å²) in [6, 6.07) is 6.61. The predicted octanol–water partition coefficient (Wildman–Crippen LogP) is 3.53. The number of nitrogens with one attached hydrogen (secondary N) is 1. The molecule has 3 aromatic heterocycles. The molecule has 8 heteroatoms. The Labute approximate surface area is 143 Å². The van der Waals surface area contributed by atoms with Gasteiger partial charge in [0.2, 0.25) is 5.91 Å². The van der Waals surface area contributed by atoms with Gasteiger partial charge in [-0.05, 0) is 32.0 Å². The highest BCUT2D eigenvalue weighted by Crippen LogP contribution is 2.26. The Balaban J connectivity index is 1.73. The molecule has 3 aromatic rings. The lowest BCUT2D eigenvalue weighted by atomic mass is 10.3. The van der Waals surface area contributed by atoms with E-state index in [0.29, 0.717) is 23.4 Å². The van der Waals surface area contributed by atoms with Crippen LogP contribution in [0.5, 0.6) is 0 Å². The molecule has 0 spiro atoms. The van der Waals surface area contributed by atoms with Crippen molar-refractivity contribution in [2.45, 2.75) is 39.8 Å². The van der Waals surface area contributed by atoms with Crippen LogP contribution in [-0.2, 0) is 17.9 Å². The third-order valence-electron chi connectivity index (χ3n) is 4.02. The Hall–Kier alpha value is -2.77. The number of aryl methyl sites for hydroxylation is 3. The van der Waals surface area contributed by atoms with Crippen molar-refractivity contribution < 1.29 is 13.6 Å². The molecule has 0 radical (unpaired) electrons. The maximum atomic E-state index is 13.3. The molecule has 0 saturated carbocycles. The fourth-order valence-electron chi connectivity index (χ4n) is 2.83. The van der Waals surface area contributed by atoms with E-state index in [0.717, 1.165) is 5.69 Å². The molecule has 0 aliphatic heterocycles. The highest BCUT2D eigenvalue weighted by molar-refractivity contribution is 5.89. The van der Waals surface area contributed by atoms with Gasteiger partial charge in [-0.3, -0.25) is 9.48 Å². The van der Waals surface area contributed by atoms with Crippen molar-refractivity contribution in [3.8, 4) is 0 Å². The normalized spacial score (nSPS) is 11.4. The van der Waals surface area contributed by atoms with Gasteiger partial charge < -0.3 is 9.88 Å². The number of carbonyl (C=O) groups excluding carboxylic acids is 1. The lowest BCUT2D eigenvalue weighted by Gasteiger charge is -2.09. The van der Waals surface area contributed by atoms with Gasteiger partial charge in [0.1, 0.15) is 5.65 Å². The van der Waals surface area contributed by atoms with Crippen molar-refractivity contribution in [1.29, 1.82) is 0 Å². The maximum absolute atomic E-state index is 13.3.